The Morgan fingerprint density at radius 2 is 1.85 bits per heavy atom. The maximum Gasteiger partial charge on any atom is 0.0136 e. The summed E-state index contributed by atoms with van der Waals surface area (Å²) >= 11 is 0. The van der Waals surface area contributed by atoms with Gasteiger partial charge in [-0.05, 0) is 63.5 Å². The van der Waals surface area contributed by atoms with Crippen LogP contribution in [0.4, 0.5) is 0 Å². The van der Waals surface area contributed by atoms with Crippen LogP contribution in [0.25, 0.3) is 0 Å². The fourth-order valence-electron chi connectivity index (χ4n) is 3.79. The van der Waals surface area contributed by atoms with E-state index in [1.54, 1.807) is 0 Å². The monoisotopic (exact) mass is 273 g/mol. The Kier molecular flexibility index (Phi) is 5.65. The van der Waals surface area contributed by atoms with Gasteiger partial charge in [-0.25, -0.2) is 0 Å². The Morgan fingerprint density at radius 3 is 2.40 bits per heavy atom. The lowest BCUT2D eigenvalue weighted by Gasteiger charge is -2.25. The van der Waals surface area contributed by atoms with Gasteiger partial charge < -0.3 is 5.32 Å². The molecule has 1 aromatic rings. The molecule has 2 rings (SSSR count). The maximum atomic E-state index is 3.82. The Balaban J connectivity index is 2.06. The topological polar surface area (TPSA) is 12.0 Å². The normalized spacial score (nSPS) is 24.0. The second-order valence-corrected chi connectivity index (χ2v) is 6.94. The highest BCUT2D eigenvalue weighted by molar-refractivity contribution is 5.29. The second kappa shape index (κ2) is 7.26. The summed E-state index contributed by atoms with van der Waals surface area (Å²) in [5.41, 5.74) is 4.30. The summed E-state index contributed by atoms with van der Waals surface area (Å²) in [6, 6.07) is 7.68. The number of rotatable bonds is 6. The molecule has 20 heavy (non-hydrogen) atoms. The predicted octanol–water partition coefficient (Wildman–Crippen LogP) is 4.65. The number of hydrogen-bond acceptors (Lipinski definition) is 1. The van der Waals surface area contributed by atoms with E-state index in [9.17, 15) is 0 Å². The molecular weight excluding hydrogens is 242 g/mol. The summed E-state index contributed by atoms with van der Waals surface area (Å²) in [5, 5.41) is 3.82. The van der Waals surface area contributed by atoms with Crippen molar-refractivity contribution in [1.29, 1.82) is 0 Å². The van der Waals surface area contributed by atoms with Gasteiger partial charge in [-0.1, -0.05) is 49.6 Å². The van der Waals surface area contributed by atoms with Crippen LogP contribution >= 0.6 is 0 Å². The smallest absolute Gasteiger partial charge is 0.0136 e. The van der Waals surface area contributed by atoms with Crippen molar-refractivity contribution < 1.29 is 0 Å². The Bertz CT molecular complexity index is 404. The zero-order valence-electron chi connectivity index (χ0n) is 13.7. The number of nitrogens with one attached hydrogen (secondary N) is 1. The van der Waals surface area contributed by atoms with Gasteiger partial charge >= 0.3 is 0 Å². The van der Waals surface area contributed by atoms with E-state index in [-0.39, 0.29) is 0 Å². The van der Waals surface area contributed by atoms with E-state index in [1.165, 1.54) is 48.8 Å². The third kappa shape index (κ3) is 4.34. The first kappa shape index (κ1) is 15.6. The van der Waals surface area contributed by atoms with Crippen LogP contribution in [0, 0.1) is 25.7 Å². The van der Waals surface area contributed by atoms with Gasteiger partial charge in [0.25, 0.3) is 0 Å². The van der Waals surface area contributed by atoms with Crippen LogP contribution in [0.15, 0.2) is 18.2 Å². The number of aryl methyl sites for hydroxylation is 2. The molecule has 0 heterocycles. The third-order valence-electron chi connectivity index (χ3n) is 4.70. The quantitative estimate of drug-likeness (QED) is 0.795. The minimum absolute atomic E-state index is 0.668. The largest absolute Gasteiger partial charge is 0.313 e. The Morgan fingerprint density at radius 1 is 1.15 bits per heavy atom. The second-order valence-electron chi connectivity index (χ2n) is 6.94. The van der Waals surface area contributed by atoms with E-state index in [4.69, 9.17) is 0 Å². The molecule has 1 aliphatic rings. The van der Waals surface area contributed by atoms with Gasteiger partial charge in [0.05, 0.1) is 0 Å². The fourth-order valence-corrected chi connectivity index (χ4v) is 3.79. The minimum Gasteiger partial charge on any atom is -0.313 e. The van der Waals surface area contributed by atoms with Crippen molar-refractivity contribution >= 4 is 0 Å². The number of benzene rings is 1. The van der Waals surface area contributed by atoms with Crippen molar-refractivity contribution in [3.05, 3.63) is 34.9 Å². The zero-order chi connectivity index (χ0) is 14.5. The van der Waals surface area contributed by atoms with Crippen molar-refractivity contribution in [2.75, 3.05) is 6.54 Å². The van der Waals surface area contributed by atoms with E-state index >= 15 is 0 Å². The van der Waals surface area contributed by atoms with E-state index in [0.717, 1.165) is 18.4 Å². The highest BCUT2D eigenvalue weighted by Crippen LogP contribution is 2.33. The van der Waals surface area contributed by atoms with E-state index < -0.39 is 0 Å². The van der Waals surface area contributed by atoms with Crippen LogP contribution in [-0.4, -0.2) is 12.6 Å². The van der Waals surface area contributed by atoms with Gasteiger partial charge in [0.2, 0.25) is 0 Å². The summed E-state index contributed by atoms with van der Waals surface area (Å²) < 4.78 is 0. The first-order valence-corrected chi connectivity index (χ1v) is 8.39. The lowest BCUT2D eigenvalue weighted by molar-refractivity contribution is 0.348. The van der Waals surface area contributed by atoms with Gasteiger partial charge in [0.15, 0.2) is 0 Å². The van der Waals surface area contributed by atoms with E-state index in [2.05, 4.69) is 51.2 Å². The molecule has 1 nitrogen and oxygen atoms in total. The van der Waals surface area contributed by atoms with Gasteiger partial charge in [-0.3, -0.25) is 0 Å². The SMILES string of the molecule is CCCNC(Cc1cc(C)cc(C)c1)C1CCC(C)C1. The number of hydrogen-bond donors (Lipinski definition) is 1. The minimum atomic E-state index is 0.668. The summed E-state index contributed by atoms with van der Waals surface area (Å²) in [6.07, 6.45) is 6.66. The predicted molar refractivity (Wildman–Crippen MR) is 88.2 cm³/mol. The molecule has 3 atom stereocenters. The highest BCUT2D eigenvalue weighted by Gasteiger charge is 2.28. The van der Waals surface area contributed by atoms with Crippen molar-refractivity contribution in [2.24, 2.45) is 11.8 Å². The Hall–Kier alpha value is -0.820. The van der Waals surface area contributed by atoms with Crippen molar-refractivity contribution in [3.8, 4) is 0 Å². The van der Waals surface area contributed by atoms with Gasteiger partial charge in [0, 0.05) is 6.04 Å². The van der Waals surface area contributed by atoms with Gasteiger partial charge in [0.1, 0.15) is 0 Å². The lowest BCUT2D eigenvalue weighted by Crippen LogP contribution is -2.37. The molecule has 0 spiro atoms. The highest BCUT2D eigenvalue weighted by atomic mass is 14.9. The molecule has 112 valence electrons. The molecule has 1 fully saturated rings. The summed E-state index contributed by atoms with van der Waals surface area (Å²) in [5.74, 6) is 1.79. The van der Waals surface area contributed by atoms with Crippen LogP contribution < -0.4 is 5.32 Å². The molecule has 1 aromatic carbocycles. The van der Waals surface area contributed by atoms with Crippen LogP contribution in [0.5, 0.6) is 0 Å². The van der Waals surface area contributed by atoms with Crippen molar-refractivity contribution in [3.63, 3.8) is 0 Å². The Labute approximate surface area is 125 Å². The van der Waals surface area contributed by atoms with Crippen LogP contribution in [-0.2, 0) is 6.42 Å². The molecule has 1 N–H and O–H groups in total. The first-order chi connectivity index (χ1) is 9.58. The summed E-state index contributed by atoms with van der Waals surface area (Å²) in [6.45, 7) is 10.2. The molecular formula is C19H31N. The van der Waals surface area contributed by atoms with Crippen molar-refractivity contribution in [1.82, 2.24) is 5.32 Å². The standard InChI is InChI=1S/C19H31N/c1-5-8-20-19(18-7-6-14(2)12-18)13-17-10-15(3)9-16(4)11-17/h9-11,14,18-20H,5-8,12-13H2,1-4H3. The molecule has 0 amide bonds. The van der Waals surface area contributed by atoms with Gasteiger partial charge in [-0.15, -0.1) is 0 Å². The molecule has 3 unspecified atom stereocenters. The average Bonchev–Trinajstić information content (AvgIpc) is 2.80. The molecule has 0 radical (unpaired) electrons. The zero-order valence-corrected chi connectivity index (χ0v) is 13.7. The van der Waals surface area contributed by atoms with Gasteiger partial charge in [-0.2, -0.15) is 0 Å². The molecule has 1 aliphatic carbocycles. The average molecular weight is 273 g/mol. The van der Waals surface area contributed by atoms with E-state index in [1.807, 2.05) is 0 Å². The summed E-state index contributed by atoms with van der Waals surface area (Å²) in [7, 11) is 0. The van der Waals surface area contributed by atoms with Crippen LogP contribution in [0.2, 0.25) is 0 Å². The third-order valence-corrected chi connectivity index (χ3v) is 4.70. The lowest BCUT2D eigenvalue weighted by atomic mass is 9.90. The molecule has 0 aromatic heterocycles. The first-order valence-electron chi connectivity index (χ1n) is 8.39. The van der Waals surface area contributed by atoms with Crippen molar-refractivity contribution in [2.45, 2.75) is 65.8 Å². The molecule has 0 aliphatic heterocycles. The fraction of sp³-hybridized carbons (Fsp3) is 0.684. The molecule has 0 bridgehead atoms. The molecule has 0 saturated heterocycles. The van der Waals surface area contributed by atoms with E-state index in [0.29, 0.717) is 6.04 Å². The van der Waals surface area contributed by atoms with Crippen LogP contribution in [0.1, 0.15) is 56.2 Å². The molecule has 1 saturated carbocycles. The van der Waals surface area contributed by atoms with Crippen LogP contribution in [0.3, 0.4) is 0 Å². The summed E-state index contributed by atoms with van der Waals surface area (Å²) in [4.78, 5) is 0. The molecule has 1 heteroatoms. The maximum absolute atomic E-state index is 3.82.